The first-order valence-electron chi connectivity index (χ1n) is 5.19. The lowest BCUT2D eigenvalue weighted by atomic mass is 9.98. The van der Waals surface area contributed by atoms with Gasteiger partial charge >= 0.3 is 5.97 Å². The van der Waals surface area contributed by atoms with Gasteiger partial charge in [-0.3, -0.25) is 9.59 Å². The number of halogens is 1. The Balaban J connectivity index is 2.48. The Hall–Kier alpha value is -0.770. The van der Waals surface area contributed by atoms with Crippen LogP contribution in [0.3, 0.4) is 0 Å². The van der Waals surface area contributed by atoms with Gasteiger partial charge in [-0.05, 0) is 19.8 Å². The van der Waals surface area contributed by atoms with Gasteiger partial charge in [-0.15, -0.1) is 11.6 Å². The zero-order chi connectivity index (χ0) is 11.3. The second kappa shape index (κ2) is 5.95. The van der Waals surface area contributed by atoms with Crippen LogP contribution in [-0.4, -0.2) is 42.4 Å². The highest BCUT2D eigenvalue weighted by Crippen LogP contribution is 2.18. The Morgan fingerprint density at radius 3 is 2.87 bits per heavy atom. The third kappa shape index (κ3) is 3.38. The third-order valence-corrected chi connectivity index (χ3v) is 2.74. The fourth-order valence-electron chi connectivity index (χ4n) is 1.74. The summed E-state index contributed by atoms with van der Waals surface area (Å²) in [4.78, 5) is 24.4. The van der Waals surface area contributed by atoms with Gasteiger partial charge in [0.25, 0.3) is 0 Å². The van der Waals surface area contributed by atoms with Crippen LogP contribution in [-0.2, 0) is 14.3 Å². The SMILES string of the molecule is CCOC(=O)[C@H]1CCCN(C(=O)CCl)C1. The van der Waals surface area contributed by atoms with Gasteiger partial charge in [0.05, 0.1) is 12.5 Å². The molecule has 1 heterocycles. The predicted molar refractivity (Wildman–Crippen MR) is 56.7 cm³/mol. The van der Waals surface area contributed by atoms with Crippen LogP contribution in [0.2, 0.25) is 0 Å². The van der Waals surface area contributed by atoms with E-state index in [0.29, 0.717) is 19.7 Å². The summed E-state index contributed by atoms with van der Waals surface area (Å²) in [5, 5.41) is 0. The molecule has 1 atom stereocenters. The maximum absolute atomic E-state index is 11.5. The summed E-state index contributed by atoms with van der Waals surface area (Å²) in [5.74, 6) is -0.503. The first-order chi connectivity index (χ1) is 7.19. The first kappa shape index (κ1) is 12.3. The van der Waals surface area contributed by atoms with Gasteiger partial charge in [0.1, 0.15) is 5.88 Å². The van der Waals surface area contributed by atoms with E-state index < -0.39 is 0 Å². The van der Waals surface area contributed by atoms with Crippen molar-refractivity contribution in [1.82, 2.24) is 4.90 Å². The van der Waals surface area contributed by atoms with Crippen LogP contribution in [0.1, 0.15) is 19.8 Å². The number of hydrogen-bond donors (Lipinski definition) is 0. The lowest BCUT2D eigenvalue weighted by molar-refractivity contribution is -0.151. The van der Waals surface area contributed by atoms with E-state index in [0.717, 1.165) is 12.8 Å². The number of carbonyl (C=O) groups excluding carboxylic acids is 2. The molecule has 0 radical (unpaired) electrons. The van der Waals surface area contributed by atoms with Crippen LogP contribution in [0.4, 0.5) is 0 Å². The molecule has 0 N–H and O–H groups in total. The molecule has 1 aliphatic heterocycles. The maximum atomic E-state index is 11.5. The Morgan fingerprint density at radius 2 is 2.27 bits per heavy atom. The van der Waals surface area contributed by atoms with Crippen molar-refractivity contribution in [3.63, 3.8) is 0 Å². The number of ether oxygens (including phenoxy) is 1. The quantitative estimate of drug-likeness (QED) is 0.540. The van der Waals surface area contributed by atoms with Crippen molar-refractivity contribution in [3.8, 4) is 0 Å². The Labute approximate surface area is 94.5 Å². The molecule has 15 heavy (non-hydrogen) atoms. The number of hydrogen-bond acceptors (Lipinski definition) is 3. The minimum atomic E-state index is -0.204. The van der Waals surface area contributed by atoms with Crippen molar-refractivity contribution < 1.29 is 14.3 Å². The normalized spacial score (nSPS) is 21.2. The number of amides is 1. The molecule has 5 heteroatoms. The monoisotopic (exact) mass is 233 g/mol. The molecular weight excluding hydrogens is 218 g/mol. The van der Waals surface area contributed by atoms with Gasteiger partial charge in [-0.1, -0.05) is 0 Å². The van der Waals surface area contributed by atoms with E-state index in [-0.39, 0.29) is 23.7 Å². The second-order valence-electron chi connectivity index (χ2n) is 3.56. The smallest absolute Gasteiger partial charge is 0.310 e. The summed E-state index contributed by atoms with van der Waals surface area (Å²) >= 11 is 5.47. The highest BCUT2D eigenvalue weighted by atomic mass is 35.5. The van der Waals surface area contributed by atoms with Gasteiger partial charge < -0.3 is 9.64 Å². The summed E-state index contributed by atoms with van der Waals surface area (Å²) in [6.45, 7) is 3.31. The summed E-state index contributed by atoms with van der Waals surface area (Å²) in [7, 11) is 0. The fourth-order valence-corrected chi connectivity index (χ4v) is 1.91. The number of rotatable bonds is 3. The highest BCUT2D eigenvalue weighted by Gasteiger charge is 2.28. The number of carbonyl (C=O) groups is 2. The number of likely N-dealkylation sites (tertiary alicyclic amines) is 1. The lowest BCUT2D eigenvalue weighted by Crippen LogP contribution is -2.43. The van der Waals surface area contributed by atoms with Gasteiger partial charge in [0.15, 0.2) is 0 Å². The molecule has 0 aliphatic carbocycles. The van der Waals surface area contributed by atoms with E-state index in [9.17, 15) is 9.59 Å². The molecule has 1 fully saturated rings. The molecule has 0 aromatic rings. The van der Waals surface area contributed by atoms with Crippen molar-refractivity contribution in [3.05, 3.63) is 0 Å². The number of piperidine rings is 1. The van der Waals surface area contributed by atoms with Crippen LogP contribution in [0, 0.1) is 5.92 Å². The molecule has 0 spiro atoms. The molecule has 1 rings (SSSR count). The molecular formula is C10H16ClNO3. The number of esters is 1. The van der Waals surface area contributed by atoms with Crippen LogP contribution < -0.4 is 0 Å². The van der Waals surface area contributed by atoms with E-state index in [1.54, 1.807) is 11.8 Å². The van der Waals surface area contributed by atoms with Crippen LogP contribution in [0.5, 0.6) is 0 Å². The van der Waals surface area contributed by atoms with Crippen LogP contribution >= 0.6 is 11.6 Å². The Morgan fingerprint density at radius 1 is 1.53 bits per heavy atom. The molecule has 1 amide bonds. The van der Waals surface area contributed by atoms with Crippen LogP contribution in [0.15, 0.2) is 0 Å². The van der Waals surface area contributed by atoms with Gasteiger partial charge in [-0.25, -0.2) is 0 Å². The average Bonchev–Trinajstić information content (AvgIpc) is 2.28. The van der Waals surface area contributed by atoms with E-state index >= 15 is 0 Å². The van der Waals surface area contributed by atoms with E-state index in [1.807, 2.05) is 0 Å². The predicted octanol–water partition coefficient (Wildman–Crippen LogP) is 1.03. The molecule has 0 aromatic carbocycles. The maximum Gasteiger partial charge on any atom is 0.310 e. The van der Waals surface area contributed by atoms with Gasteiger partial charge in [0.2, 0.25) is 5.91 Å². The third-order valence-electron chi connectivity index (χ3n) is 2.51. The van der Waals surface area contributed by atoms with E-state index in [2.05, 4.69) is 0 Å². The van der Waals surface area contributed by atoms with E-state index in [4.69, 9.17) is 16.3 Å². The van der Waals surface area contributed by atoms with Crippen molar-refractivity contribution >= 4 is 23.5 Å². The molecule has 0 unspecified atom stereocenters. The zero-order valence-corrected chi connectivity index (χ0v) is 9.63. The minimum Gasteiger partial charge on any atom is -0.466 e. The van der Waals surface area contributed by atoms with Gasteiger partial charge in [0, 0.05) is 13.1 Å². The van der Waals surface area contributed by atoms with Crippen LogP contribution in [0.25, 0.3) is 0 Å². The summed E-state index contributed by atoms with van der Waals surface area (Å²) in [6.07, 6.45) is 1.64. The Kier molecular flexibility index (Phi) is 4.88. The summed E-state index contributed by atoms with van der Waals surface area (Å²) < 4.78 is 4.93. The standard InChI is InChI=1S/C10H16ClNO3/c1-2-15-10(14)8-4-3-5-12(7-8)9(13)6-11/h8H,2-7H2,1H3/t8-/m0/s1. The highest BCUT2D eigenvalue weighted by molar-refractivity contribution is 6.27. The molecule has 4 nitrogen and oxygen atoms in total. The van der Waals surface area contributed by atoms with Gasteiger partial charge in [-0.2, -0.15) is 0 Å². The van der Waals surface area contributed by atoms with Crippen molar-refractivity contribution in [1.29, 1.82) is 0 Å². The molecule has 86 valence electrons. The molecule has 0 aromatic heterocycles. The molecule has 1 aliphatic rings. The summed E-state index contributed by atoms with van der Waals surface area (Å²) in [6, 6.07) is 0. The first-order valence-corrected chi connectivity index (χ1v) is 5.72. The fraction of sp³-hybridized carbons (Fsp3) is 0.800. The molecule has 1 saturated heterocycles. The number of alkyl halides is 1. The topological polar surface area (TPSA) is 46.6 Å². The minimum absolute atomic E-state index is 0.0183. The molecule has 0 saturated carbocycles. The lowest BCUT2D eigenvalue weighted by Gasteiger charge is -2.31. The van der Waals surface area contributed by atoms with Crippen molar-refractivity contribution in [2.24, 2.45) is 5.92 Å². The Bertz CT molecular complexity index is 245. The van der Waals surface area contributed by atoms with Crippen molar-refractivity contribution in [2.75, 3.05) is 25.6 Å². The van der Waals surface area contributed by atoms with Crippen molar-refractivity contribution in [2.45, 2.75) is 19.8 Å². The largest absolute Gasteiger partial charge is 0.466 e. The molecule has 0 bridgehead atoms. The second-order valence-corrected chi connectivity index (χ2v) is 3.83. The number of nitrogens with zero attached hydrogens (tertiary/aromatic N) is 1. The summed E-state index contributed by atoms with van der Waals surface area (Å²) in [5.41, 5.74) is 0. The zero-order valence-electron chi connectivity index (χ0n) is 8.87. The van der Waals surface area contributed by atoms with E-state index in [1.165, 1.54) is 0 Å². The average molecular weight is 234 g/mol.